The van der Waals surface area contributed by atoms with Crippen molar-refractivity contribution in [3.8, 4) is 5.75 Å². The maximum Gasteiger partial charge on any atom is 0.319 e. The van der Waals surface area contributed by atoms with Crippen molar-refractivity contribution in [3.05, 3.63) is 24.0 Å². The number of hydrogen-bond acceptors (Lipinski definition) is 4. The third-order valence-corrected chi connectivity index (χ3v) is 5.13. The molecule has 0 aliphatic rings. The molecule has 1 rings (SSSR count). The summed E-state index contributed by atoms with van der Waals surface area (Å²) in [6.45, 7) is 4.31. The molecule has 1 aromatic carbocycles. The fraction of sp³-hybridized carbons (Fsp3) is 0.533. The number of urea groups is 1. The Morgan fingerprint density at radius 3 is 2.67 bits per heavy atom. The number of anilines is 1. The summed E-state index contributed by atoms with van der Waals surface area (Å²) in [4.78, 5) is 11.8. The van der Waals surface area contributed by atoms with E-state index >= 15 is 0 Å². The minimum Gasteiger partial charge on any atom is -0.492 e. The molecule has 0 unspecified atom stereocenters. The van der Waals surface area contributed by atoms with Gasteiger partial charge < -0.3 is 15.4 Å². The Morgan fingerprint density at radius 1 is 1.33 bits per heavy atom. The van der Waals surface area contributed by atoms with Crippen LogP contribution in [-0.4, -0.2) is 51.3 Å². The van der Waals surface area contributed by atoms with Crippen LogP contribution in [0.1, 0.15) is 20.3 Å². The number of benzene rings is 1. The number of ether oxygens (including phenoxy) is 1. The van der Waals surface area contributed by atoms with Crippen LogP contribution in [0.25, 0.3) is 0 Å². The minimum atomic E-state index is -3.21. The summed E-state index contributed by atoms with van der Waals surface area (Å²) < 4.78 is 42.9. The van der Waals surface area contributed by atoms with Gasteiger partial charge in [-0.05, 0) is 32.4 Å². The summed E-state index contributed by atoms with van der Waals surface area (Å²) in [7, 11) is -1.70. The van der Waals surface area contributed by atoms with Gasteiger partial charge in [-0.25, -0.2) is 21.9 Å². The number of nitrogens with zero attached hydrogens (tertiary/aromatic N) is 1. The van der Waals surface area contributed by atoms with E-state index < -0.39 is 21.9 Å². The predicted octanol–water partition coefficient (Wildman–Crippen LogP) is 2.02. The highest BCUT2D eigenvalue weighted by Gasteiger charge is 2.14. The summed E-state index contributed by atoms with van der Waals surface area (Å²) in [5.41, 5.74) is 0.362. The maximum absolute atomic E-state index is 13.2. The van der Waals surface area contributed by atoms with E-state index in [1.54, 1.807) is 13.8 Å². The number of hydrogen-bond donors (Lipinski definition) is 2. The van der Waals surface area contributed by atoms with E-state index in [0.29, 0.717) is 31.8 Å². The Balaban J connectivity index is 2.45. The Kier molecular flexibility index (Phi) is 7.93. The zero-order valence-corrected chi connectivity index (χ0v) is 15.0. The van der Waals surface area contributed by atoms with Gasteiger partial charge in [-0.2, -0.15) is 0 Å². The van der Waals surface area contributed by atoms with Crippen molar-refractivity contribution in [2.75, 3.05) is 37.8 Å². The fourth-order valence-electron chi connectivity index (χ4n) is 1.90. The van der Waals surface area contributed by atoms with E-state index in [9.17, 15) is 17.6 Å². The molecular formula is C15H24FN3O4S. The molecule has 0 heterocycles. The molecule has 0 atom stereocenters. The molecular weight excluding hydrogens is 337 g/mol. The van der Waals surface area contributed by atoms with Gasteiger partial charge in [-0.3, -0.25) is 0 Å². The largest absolute Gasteiger partial charge is 0.492 e. The van der Waals surface area contributed by atoms with Gasteiger partial charge in [-0.1, -0.05) is 0 Å². The van der Waals surface area contributed by atoms with Crippen LogP contribution < -0.4 is 15.4 Å². The highest BCUT2D eigenvalue weighted by Crippen LogP contribution is 2.25. The van der Waals surface area contributed by atoms with Gasteiger partial charge in [0.25, 0.3) is 0 Å². The maximum atomic E-state index is 13.2. The summed E-state index contributed by atoms with van der Waals surface area (Å²) in [5, 5.41) is 5.20. The summed E-state index contributed by atoms with van der Waals surface area (Å²) >= 11 is 0. The number of amides is 2. The van der Waals surface area contributed by atoms with Crippen LogP contribution in [0.2, 0.25) is 0 Å². The molecule has 136 valence electrons. The zero-order chi connectivity index (χ0) is 18.2. The lowest BCUT2D eigenvalue weighted by Crippen LogP contribution is -2.34. The number of sulfonamides is 1. The summed E-state index contributed by atoms with van der Waals surface area (Å²) in [6.07, 6.45) is 0.477. The number of halogens is 1. The first-order valence-corrected chi connectivity index (χ1v) is 9.32. The minimum absolute atomic E-state index is 0.0438. The average molecular weight is 361 g/mol. The lowest BCUT2D eigenvalue weighted by Gasteiger charge is -2.16. The second-order valence-electron chi connectivity index (χ2n) is 5.03. The Bertz CT molecular complexity index is 652. The van der Waals surface area contributed by atoms with E-state index in [-0.39, 0.29) is 11.5 Å². The number of rotatable bonds is 9. The molecule has 0 saturated carbocycles. The molecule has 0 fully saturated rings. The van der Waals surface area contributed by atoms with Crippen molar-refractivity contribution in [1.82, 2.24) is 9.62 Å². The number of nitrogens with one attached hydrogen (secondary N) is 2. The molecule has 0 bridgehead atoms. The molecule has 9 heteroatoms. The molecule has 0 aliphatic heterocycles. The smallest absolute Gasteiger partial charge is 0.319 e. The van der Waals surface area contributed by atoms with Crippen molar-refractivity contribution in [1.29, 1.82) is 0 Å². The molecule has 0 aromatic heterocycles. The van der Waals surface area contributed by atoms with Gasteiger partial charge in [0.15, 0.2) is 0 Å². The first kappa shape index (κ1) is 20.2. The highest BCUT2D eigenvalue weighted by atomic mass is 32.2. The van der Waals surface area contributed by atoms with E-state index in [4.69, 9.17) is 4.74 Å². The Labute approximate surface area is 142 Å². The first-order valence-electron chi connectivity index (χ1n) is 7.71. The monoisotopic (exact) mass is 361 g/mol. The van der Waals surface area contributed by atoms with Crippen molar-refractivity contribution in [2.24, 2.45) is 0 Å². The summed E-state index contributed by atoms with van der Waals surface area (Å²) in [5.74, 6) is -0.159. The third kappa shape index (κ3) is 6.32. The van der Waals surface area contributed by atoms with Crippen LogP contribution in [0.5, 0.6) is 5.75 Å². The van der Waals surface area contributed by atoms with E-state index in [2.05, 4.69) is 10.6 Å². The van der Waals surface area contributed by atoms with Crippen LogP contribution in [0.15, 0.2) is 18.2 Å². The van der Waals surface area contributed by atoms with Crippen molar-refractivity contribution >= 4 is 21.7 Å². The molecule has 24 heavy (non-hydrogen) atoms. The van der Waals surface area contributed by atoms with Crippen LogP contribution in [0, 0.1) is 5.82 Å². The van der Waals surface area contributed by atoms with Gasteiger partial charge in [-0.15, -0.1) is 0 Å². The van der Waals surface area contributed by atoms with Crippen LogP contribution in [-0.2, 0) is 10.0 Å². The SMILES string of the molecule is CCOc1cc(F)ccc1NC(=O)NCCCN(C)S(=O)(=O)CC. The number of carbonyl (C=O) groups excluding carboxylic acids is 1. The molecule has 1 aromatic rings. The fourth-order valence-corrected chi connectivity index (χ4v) is 2.75. The third-order valence-electron chi connectivity index (χ3n) is 3.27. The zero-order valence-electron chi connectivity index (χ0n) is 14.1. The van der Waals surface area contributed by atoms with Gasteiger partial charge in [0.1, 0.15) is 11.6 Å². The van der Waals surface area contributed by atoms with E-state index in [1.807, 2.05) is 0 Å². The Morgan fingerprint density at radius 2 is 2.04 bits per heavy atom. The normalized spacial score (nSPS) is 11.4. The first-order chi connectivity index (χ1) is 11.3. The molecule has 2 amide bonds. The van der Waals surface area contributed by atoms with Gasteiger partial charge in [0, 0.05) is 26.2 Å². The second kappa shape index (κ2) is 9.43. The standard InChI is InChI=1S/C15H24FN3O4S/c1-4-23-14-11-12(16)7-8-13(14)18-15(20)17-9-6-10-19(3)24(21,22)5-2/h7-8,11H,4-6,9-10H2,1-3H3,(H2,17,18,20). The topological polar surface area (TPSA) is 87.7 Å². The van der Waals surface area contributed by atoms with Crippen LogP contribution >= 0.6 is 0 Å². The lowest BCUT2D eigenvalue weighted by atomic mass is 10.3. The molecule has 0 saturated heterocycles. The van der Waals surface area contributed by atoms with Crippen molar-refractivity contribution in [2.45, 2.75) is 20.3 Å². The van der Waals surface area contributed by atoms with Crippen molar-refractivity contribution in [3.63, 3.8) is 0 Å². The van der Waals surface area contributed by atoms with Crippen LogP contribution in [0.4, 0.5) is 14.9 Å². The van der Waals surface area contributed by atoms with Crippen molar-refractivity contribution < 1.29 is 22.3 Å². The quantitative estimate of drug-likeness (QED) is 0.659. The molecule has 0 radical (unpaired) electrons. The molecule has 2 N–H and O–H groups in total. The van der Waals surface area contributed by atoms with E-state index in [0.717, 1.165) is 0 Å². The Hall–Kier alpha value is -1.87. The van der Waals surface area contributed by atoms with Crippen LogP contribution in [0.3, 0.4) is 0 Å². The van der Waals surface area contributed by atoms with Gasteiger partial charge in [0.05, 0.1) is 18.0 Å². The van der Waals surface area contributed by atoms with E-state index in [1.165, 1.54) is 29.6 Å². The van der Waals surface area contributed by atoms with Gasteiger partial charge in [0.2, 0.25) is 10.0 Å². The summed E-state index contributed by atoms with van der Waals surface area (Å²) in [6, 6.07) is 3.37. The average Bonchev–Trinajstić information content (AvgIpc) is 2.54. The number of carbonyl (C=O) groups is 1. The highest BCUT2D eigenvalue weighted by molar-refractivity contribution is 7.89. The predicted molar refractivity (Wildman–Crippen MR) is 91.3 cm³/mol. The second-order valence-corrected chi connectivity index (χ2v) is 7.39. The lowest BCUT2D eigenvalue weighted by molar-refractivity contribution is 0.251. The molecule has 0 aliphatic carbocycles. The molecule has 7 nitrogen and oxygen atoms in total. The molecule has 0 spiro atoms. The van der Waals surface area contributed by atoms with Gasteiger partial charge >= 0.3 is 6.03 Å².